The molecule has 4 nitrogen and oxygen atoms in total. The molecule has 0 atom stereocenters. The minimum absolute atomic E-state index is 0.141. The lowest BCUT2D eigenvalue weighted by atomic mass is 10.2. The van der Waals surface area contributed by atoms with Crippen molar-refractivity contribution in [3.8, 4) is 0 Å². The van der Waals surface area contributed by atoms with Crippen molar-refractivity contribution in [2.75, 3.05) is 0 Å². The van der Waals surface area contributed by atoms with Crippen LogP contribution in [0.1, 0.15) is 0 Å². The Morgan fingerprint density at radius 1 is 1.21 bits per heavy atom. The van der Waals surface area contributed by atoms with E-state index in [4.69, 9.17) is 0 Å². The first kappa shape index (κ1) is 9.38. The molecule has 0 unspecified atom stereocenters. The van der Waals surface area contributed by atoms with E-state index in [2.05, 4.69) is 4.98 Å². The predicted octanol–water partition coefficient (Wildman–Crippen LogP) is 0.960. The van der Waals surface area contributed by atoms with E-state index < -0.39 is 17.1 Å². The number of benzene rings is 1. The Bertz CT molecular complexity index is 617. The van der Waals surface area contributed by atoms with E-state index in [0.717, 1.165) is 6.07 Å². The van der Waals surface area contributed by atoms with E-state index in [9.17, 15) is 14.0 Å². The Morgan fingerprint density at radius 3 is 2.64 bits per heavy atom. The van der Waals surface area contributed by atoms with Gasteiger partial charge in [0.05, 0.1) is 14.5 Å². The number of H-pyrrole nitrogens is 2. The number of nitrogens with one attached hydrogen (secondary N) is 2. The molecule has 2 rings (SSSR count). The van der Waals surface area contributed by atoms with Crippen molar-refractivity contribution in [2.45, 2.75) is 0 Å². The molecule has 1 aromatic heterocycles. The first-order valence-electron chi connectivity index (χ1n) is 3.69. The van der Waals surface area contributed by atoms with Crippen LogP contribution in [0.25, 0.3) is 10.9 Å². The van der Waals surface area contributed by atoms with Crippen LogP contribution in [0.3, 0.4) is 0 Å². The fourth-order valence-corrected chi connectivity index (χ4v) is 1.63. The maximum atomic E-state index is 13.1. The molecule has 14 heavy (non-hydrogen) atoms. The van der Waals surface area contributed by atoms with Crippen LogP contribution < -0.4 is 11.2 Å². The maximum absolute atomic E-state index is 13.1. The predicted molar refractivity (Wildman–Crippen MR) is 57.9 cm³/mol. The molecule has 0 bridgehead atoms. The number of hydrogen-bond donors (Lipinski definition) is 2. The second-order valence-electron chi connectivity index (χ2n) is 2.72. The first-order chi connectivity index (χ1) is 6.58. The molecule has 0 radical (unpaired) electrons. The maximum Gasteiger partial charge on any atom is 0.326 e. The zero-order valence-electron chi connectivity index (χ0n) is 6.73. The van der Waals surface area contributed by atoms with Crippen molar-refractivity contribution in [1.82, 2.24) is 9.97 Å². The molecule has 2 aromatic rings. The number of aromatic amines is 2. The molecule has 0 amide bonds. The van der Waals surface area contributed by atoms with Crippen LogP contribution in [-0.4, -0.2) is 9.97 Å². The van der Waals surface area contributed by atoms with Crippen LogP contribution in [0.4, 0.5) is 4.39 Å². The molecular formula is C8H4FIN2O2. The fourth-order valence-electron chi connectivity index (χ4n) is 1.16. The Morgan fingerprint density at radius 2 is 1.93 bits per heavy atom. The van der Waals surface area contributed by atoms with Crippen molar-refractivity contribution in [3.05, 3.63) is 42.4 Å². The SMILES string of the molecule is O=c1[nH]c(=O)c2cc(F)c(I)cc2[nH]1. The molecule has 0 aliphatic heterocycles. The van der Waals surface area contributed by atoms with Gasteiger partial charge in [0.15, 0.2) is 0 Å². The first-order valence-corrected chi connectivity index (χ1v) is 4.77. The quantitative estimate of drug-likeness (QED) is 0.712. The largest absolute Gasteiger partial charge is 0.326 e. The Labute approximate surface area is 90.3 Å². The highest BCUT2D eigenvalue weighted by atomic mass is 127. The molecule has 72 valence electrons. The molecule has 2 N–H and O–H groups in total. The molecule has 0 saturated carbocycles. The van der Waals surface area contributed by atoms with Gasteiger partial charge in [-0.3, -0.25) is 9.78 Å². The van der Waals surface area contributed by atoms with E-state index in [1.165, 1.54) is 6.07 Å². The van der Waals surface area contributed by atoms with Gasteiger partial charge in [0, 0.05) is 0 Å². The van der Waals surface area contributed by atoms with E-state index >= 15 is 0 Å². The van der Waals surface area contributed by atoms with Crippen LogP contribution >= 0.6 is 22.6 Å². The summed E-state index contributed by atoms with van der Waals surface area (Å²) in [6.45, 7) is 0. The monoisotopic (exact) mass is 306 g/mol. The average Bonchev–Trinajstić information content (AvgIpc) is 2.08. The van der Waals surface area contributed by atoms with Crippen LogP contribution in [-0.2, 0) is 0 Å². The lowest BCUT2D eigenvalue weighted by molar-refractivity contribution is 0.622. The second-order valence-corrected chi connectivity index (χ2v) is 3.88. The van der Waals surface area contributed by atoms with Gasteiger partial charge in [-0.15, -0.1) is 0 Å². The minimum atomic E-state index is -0.593. The van der Waals surface area contributed by atoms with E-state index in [-0.39, 0.29) is 5.39 Å². The summed E-state index contributed by atoms with van der Waals surface area (Å²) in [6, 6.07) is 2.52. The second kappa shape index (κ2) is 3.19. The summed E-state index contributed by atoms with van der Waals surface area (Å²) < 4.78 is 13.4. The van der Waals surface area contributed by atoms with Gasteiger partial charge in [-0.05, 0) is 34.7 Å². The average molecular weight is 306 g/mol. The lowest BCUT2D eigenvalue weighted by Gasteiger charge is -1.98. The number of hydrogen-bond acceptors (Lipinski definition) is 2. The van der Waals surface area contributed by atoms with Crippen LogP contribution in [0.2, 0.25) is 0 Å². The number of rotatable bonds is 0. The van der Waals surface area contributed by atoms with Crippen LogP contribution in [0.15, 0.2) is 21.7 Å². The summed E-state index contributed by atoms with van der Waals surface area (Å²) in [5.74, 6) is -0.476. The highest BCUT2D eigenvalue weighted by Gasteiger charge is 2.05. The topological polar surface area (TPSA) is 65.7 Å². The molecule has 1 heterocycles. The van der Waals surface area contributed by atoms with Crippen molar-refractivity contribution >= 4 is 33.5 Å². The standard InChI is InChI=1S/C8H4FIN2O2/c9-4-1-3-6(2-5(4)10)11-8(14)12-7(3)13/h1-2H,(H2,11,12,13,14). The Hall–Kier alpha value is -1.18. The number of aromatic nitrogens is 2. The van der Waals surface area contributed by atoms with Gasteiger partial charge >= 0.3 is 5.69 Å². The zero-order valence-corrected chi connectivity index (χ0v) is 8.88. The summed E-state index contributed by atoms with van der Waals surface area (Å²) in [5, 5.41) is 0.141. The van der Waals surface area contributed by atoms with Gasteiger partial charge in [0.1, 0.15) is 5.82 Å². The molecule has 0 aliphatic carbocycles. The van der Waals surface area contributed by atoms with Gasteiger partial charge in [-0.2, -0.15) is 0 Å². The Kier molecular flexibility index (Phi) is 2.14. The molecule has 1 aromatic carbocycles. The highest BCUT2D eigenvalue weighted by molar-refractivity contribution is 14.1. The summed E-state index contributed by atoms with van der Waals surface area (Å²) in [5.41, 5.74) is -0.839. The molecular weight excluding hydrogens is 302 g/mol. The summed E-state index contributed by atoms with van der Waals surface area (Å²) in [7, 11) is 0. The van der Waals surface area contributed by atoms with Gasteiger partial charge in [0.2, 0.25) is 0 Å². The minimum Gasteiger partial charge on any atom is -0.307 e. The summed E-state index contributed by atoms with van der Waals surface area (Å²) in [6.07, 6.45) is 0. The van der Waals surface area contributed by atoms with E-state index in [0.29, 0.717) is 9.09 Å². The highest BCUT2D eigenvalue weighted by Crippen LogP contribution is 2.15. The third kappa shape index (κ3) is 1.45. The Balaban J connectivity index is 3.03. The molecule has 0 saturated heterocycles. The number of fused-ring (bicyclic) bond motifs is 1. The fraction of sp³-hybridized carbons (Fsp3) is 0. The molecule has 0 fully saturated rings. The smallest absolute Gasteiger partial charge is 0.307 e. The third-order valence-electron chi connectivity index (χ3n) is 1.78. The van der Waals surface area contributed by atoms with Gasteiger partial charge in [-0.25, -0.2) is 9.18 Å². The van der Waals surface area contributed by atoms with Crippen molar-refractivity contribution < 1.29 is 4.39 Å². The van der Waals surface area contributed by atoms with E-state index in [1.54, 1.807) is 22.6 Å². The molecule has 0 spiro atoms. The lowest BCUT2D eigenvalue weighted by Crippen LogP contribution is -2.22. The van der Waals surface area contributed by atoms with Crippen molar-refractivity contribution in [2.24, 2.45) is 0 Å². The van der Waals surface area contributed by atoms with Gasteiger partial charge in [-0.1, -0.05) is 0 Å². The number of halogens is 2. The van der Waals surface area contributed by atoms with Gasteiger partial charge in [0.25, 0.3) is 5.56 Å². The van der Waals surface area contributed by atoms with E-state index in [1.807, 2.05) is 4.98 Å². The summed E-state index contributed by atoms with van der Waals surface area (Å²) in [4.78, 5) is 26.6. The van der Waals surface area contributed by atoms with Crippen molar-refractivity contribution in [1.29, 1.82) is 0 Å². The van der Waals surface area contributed by atoms with Crippen LogP contribution in [0, 0.1) is 9.39 Å². The normalized spacial score (nSPS) is 10.7. The zero-order chi connectivity index (χ0) is 10.3. The summed E-state index contributed by atoms with van der Waals surface area (Å²) >= 11 is 1.79. The molecule has 6 heteroatoms. The van der Waals surface area contributed by atoms with Crippen LogP contribution in [0.5, 0.6) is 0 Å². The molecule has 0 aliphatic rings. The van der Waals surface area contributed by atoms with Crippen molar-refractivity contribution in [3.63, 3.8) is 0 Å². The third-order valence-corrected chi connectivity index (χ3v) is 2.61. The van der Waals surface area contributed by atoms with Gasteiger partial charge < -0.3 is 4.98 Å².